The molecule has 20 heavy (non-hydrogen) atoms. The maximum atomic E-state index is 13.3. The van der Waals surface area contributed by atoms with Gasteiger partial charge in [-0.05, 0) is 58.5 Å². The third-order valence-corrected chi connectivity index (χ3v) is 3.91. The number of halogens is 2. The molecule has 1 aliphatic rings. The molecule has 0 aromatic heterocycles. The Morgan fingerprint density at radius 2 is 1.75 bits per heavy atom. The fourth-order valence-corrected chi connectivity index (χ4v) is 2.56. The number of carbonyl (C=O) groups excluding carboxylic acids is 2. The van der Waals surface area contributed by atoms with E-state index in [4.69, 9.17) is 0 Å². The lowest BCUT2D eigenvalue weighted by Gasteiger charge is -2.16. The lowest BCUT2D eigenvalue weighted by Crippen LogP contribution is -2.29. The van der Waals surface area contributed by atoms with Crippen molar-refractivity contribution in [2.75, 3.05) is 4.90 Å². The molecule has 2 aromatic carbocycles. The Morgan fingerprint density at radius 1 is 1.05 bits per heavy atom. The number of nitrogens with zero attached hydrogens (tertiary/aromatic N) is 1. The van der Waals surface area contributed by atoms with Crippen LogP contribution in [0.5, 0.6) is 0 Å². The SMILES string of the molecule is O=C1C(=O)N(Cc2ccc(I)cc2)c2cc(F)ccc21. The van der Waals surface area contributed by atoms with Crippen molar-refractivity contribution in [3.05, 3.63) is 63.0 Å². The molecule has 0 saturated heterocycles. The molecule has 3 rings (SSSR count). The molecule has 0 atom stereocenters. The van der Waals surface area contributed by atoms with Gasteiger partial charge in [0.1, 0.15) is 5.82 Å². The van der Waals surface area contributed by atoms with E-state index in [1.165, 1.54) is 23.1 Å². The van der Waals surface area contributed by atoms with Crippen LogP contribution < -0.4 is 4.90 Å². The Morgan fingerprint density at radius 3 is 2.45 bits per heavy atom. The first-order chi connectivity index (χ1) is 9.56. The van der Waals surface area contributed by atoms with Crippen molar-refractivity contribution in [1.29, 1.82) is 0 Å². The third-order valence-electron chi connectivity index (χ3n) is 3.19. The van der Waals surface area contributed by atoms with E-state index in [1.54, 1.807) is 0 Å². The summed E-state index contributed by atoms with van der Waals surface area (Å²) < 4.78 is 14.4. The largest absolute Gasteiger partial charge is 0.300 e. The molecule has 0 radical (unpaired) electrons. The standard InChI is InChI=1S/C15H9FINO2/c16-10-3-6-12-13(7-10)18(15(20)14(12)19)8-9-1-4-11(17)5-2-9/h1-7H,8H2. The number of fused-ring (bicyclic) bond motifs is 1. The molecular weight excluding hydrogens is 372 g/mol. The molecule has 1 aliphatic heterocycles. The van der Waals surface area contributed by atoms with Crippen molar-refractivity contribution < 1.29 is 14.0 Å². The summed E-state index contributed by atoms with van der Waals surface area (Å²) in [5.74, 6) is -1.64. The van der Waals surface area contributed by atoms with Crippen LogP contribution in [0.4, 0.5) is 10.1 Å². The normalized spacial score (nSPS) is 13.8. The number of amides is 1. The number of ketones is 1. The first-order valence-electron chi connectivity index (χ1n) is 5.96. The summed E-state index contributed by atoms with van der Waals surface area (Å²) in [6.45, 7) is 0.262. The summed E-state index contributed by atoms with van der Waals surface area (Å²) in [5, 5.41) is 0. The van der Waals surface area contributed by atoms with Crippen LogP contribution >= 0.6 is 22.6 Å². The highest BCUT2D eigenvalue weighted by atomic mass is 127. The summed E-state index contributed by atoms with van der Waals surface area (Å²) >= 11 is 2.19. The molecule has 2 aromatic rings. The molecule has 5 heteroatoms. The zero-order chi connectivity index (χ0) is 14.3. The van der Waals surface area contributed by atoms with Crippen LogP contribution in [-0.2, 0) is 11.3 Å². The van der Waals surface area contributed by atoms with Gasteiger partial charge in [0.15, 0.2) is 0 Å². The van der Waals surface area contributed by atoms with E-state index in [9.17, 15) is 14.0 Å². The quantitative estimate of drug-likeness (QED) is 0.592. The summed E-state index contributed by atoms with van der Waals surface area (Å²) in [5.41, 5.74) is 1.50. The minimum atomic E-state index is -0.607. The van der Waals surface area contributed by atoms with E-state index in [0.717, 1.165) is 9.13 Å². The summed E-state index contributed by atoms with van der Waals surface area (Å²) in [4.78, 5) is 25.2. The van der Waals surface area contributed by atoms with Gasteiger partial charge in [0.2, 0.25) is 0 Å². The average Bonchev–Trinajstić information content (AvgIpc) is 2.66. The summed E-state index contributed by atoms with van der Waals surface area (Å²) in [6.07, 6.45) is 0. The molecular formula is C15H9FINO2. The maximum Gasteiger partial charge on any atom is 0.299 e. The number of Topliss-reactive ketones (excluding diaryl/α,β-unsaturated/α-hetero) is 1. The van der Waals surface area contributed by atoms with E-state index in [2.05, 4.69) is 22.6 Å². The predicted molar refractivity (Wildman–Crippen MR) is 81.1 cm³/mol. The molecule has 1 amide bonds. The van der Waals surface area contributed by atoms with Crippen LogP contribution in [0.1, 0.15) is 15.9 Å². The third kappa shape index (κ3) is 2.22. The molecule has 0 aliphatic carbocycles. The van der Waals surface area contributed by atoms with Crippen molar-refractivity contribution in [2.45, 2.75) is 6.54 Å². The number of benzene rings is 2. The van der Waals surface area contributed by atoms with E-state index >= 15 is 0 Å². The molecule has 3 nitrogen and oxygen atoms in total. The van der Waals surface area contributed by atoms with E-state index in [0.29, 0.717) is 5.69 Å². The second kappa shape index (κ2) is 4.97. The van der Waals surface area contributed by atoms with Crippen molar-refractivity contribution in [3.63, 3.8) is 0 Å². The van der Waals surface area contributed by atoms with Gasteiger partial charge in [-0.3, -0.25) is 9.59 Å². The van der Waals surface area contributed by atoms with Gasteiger partial charge < -0.3 is 4.90 Å². The molecule has 0 fully saturated rings. The highest BCUT2D eigenvalue weighted by Crippen LogP contribution is 2.31. The summed E-state index contributed by atoms with van der Waals surface area (Å²) in [6, 6.07) is 11.4. The van der Waals surface area contributed by atoms with Gasteiger partial charge in [-0.1, -0.05) is 12.1 Å². The van der Waals surface area contributed by atoms with Crippen molar-refractivity contribution >= 4 is 40.0 Å². The number of carbonyl (C=O) groups is 2. The van der Waals surface area contributed by atoms with Crippen molar-refractivity contribution in [1.82, 2.24) is 0 Å². The lowest BCUT2D eigenvalue weighted by molar-refractivity contribution is -0.114. The molecule has 1 heterocycles. The monoisotopic (exact) mass is 381 g/mol. The Labute approximate surface area is 128 Å². The number of anilines is 1. The van der Waals surface area contributed by atoms with Gasteiger partial charge in [0.25, 0.3) is 11.7 Å². The number of hydrogen-bond donors (Lipinski definition) is 0. The molecule has 0 spiro atoms. The molecule has 0 bridgehead atoms. The van der Waals surface area contributed by atoms with Crippen molar-refractivity contribution in [2.24, 2.45) is 0 Å². The summed E-state index contributed by atoms with van der Waals surface area (Å²) in [7, 11) is 0. The smallest absolute Gasteiger partial charge is 0.299 e. The molecule has 100 valence electrons. The van der Waals surface area contributed by atoms with E-state index in [-0.39, 0.29) is 12.1 Å². The fourth-order valence-electron chi connectivity index (χ4n) is 2.20. The van der Waals surface area contributed by atoms with Crippen LogP contribution in [0.25, 0.3) is 0 Å². The van der Waals surface area contributed by atoms with Gasteiger partial charge >= 0.3 is 0 Å². The minimum Gasteiger partial charge on any atom is -0.300 e. The molecule has 0 unspecified atom stereocenters. The van der Waals surface area contributed by atoms with Crippen LogP contribution in [-0.4, -0.2) is 11.7 Å². The van der Waals surface area contributed by atoms with Gasteiger partial charge in [0.05, 0.1) is 17.8 Å². The van der Waals surface area contributed by atoms with Gasteiger partial charge in [-0.25, -0.2) is 4.39 Å². The van der Waals surface area contributed by atoms with Crippen LogP contribution in [0.2, 0.25) is 0 Å². The highest BCUT2D eigenvalue weighted by molar-refractivity contribution is 14.1. The second-order valence-corrected chi connectivity index (χ2v) is 5.75. The number of rotatable bonds is 2. The Bertz CT molecular complexity index is 712. The Kier molecular flexibility index (Phi) is 3.29. The zero-order valence-corrected chi connectivity index (χ0v) is 12.4. The molecule has 0 saturated carbocycles. The van der Waals surface area contributed by atoms with E-state index in [1.807, 2.05) is 24.3 Å². The van der Waals surface area contributed by atoms with Gasteiger partial charge in [-0.2, -0.15) is 0 Å². The topological polar surface area (TPSA) is 37.4 Å². The lowest BCUT2D eigenvalue weighted by atomic mass is 10.1. The highest BCUT2D eigenvalue weighted by Gasteiger charge is 2.35. The first-order valence-corrected chi connectivity index (χ1v) is 7.04. The second-order valence-electron chi connectivity index (χ2n) is 4.51. The van der Waals surface area contributed by atoms with Crippen LogP contribution in [0.15, 0.2) is 42.5 Å². The van der Waals surface area contributed by atoms with Gasteiger partial charge in [-0.15, -0.1) is 0 Å². The van der Waals surface area contributed by atoms with Gasteiger partial charge in [0, 0.05) is 3.57 Å². The van der Waals surface area contributed by atoms with Crippen molar-refractivity contribution in [3.8, 4) is 0 Å². The maximum absolute atomic E-state index is 13.3. The Balaban J connectivity index is 1.98. The van der Waals surface area contributed by atoms with E-state index < -0.39 is 17.5 Å². The fraction of sp³-hybridized carbons (Fsp3) is 0.0667. The minimum absolute atomic E-state index is 0.262. The first kappa shape index (κ1) is 13.2. The van der Waals surface area contributed by atoms with Crippen LogP contribution in [0.3, 0.4) is 0 Å². The predicted octanol–water partition coefficient (Wildman–Crippen LogP) is 3.16. The van der Waals surface area contributed by atoms with Crippen LogP contribution in [0, 0.1) is 9.39 Å². The zero-order valence-electron chi connectivity index (χ0n) is 10.3. The Hall–Kier alpha value is -1.76. The number of hydrogen-bond acceptors (Lipinski definition) is 2. The molecule has 0 N–H and O–H groups in total. The average molecular weight is 381 g/mol.